The van der Waals surface area contributed by atoms with Crippen LogP contribution in [0.25, 0.3) is 0 Å². The van der Waals surface area contributed by atoms with E-state index in [0.29, 0.717) is 6.04 Å². The molecule has 1 saturated carbocycles. The SMILES string of the molecule is CNC(c1ccsc1)C1CCOC2(CCCC2)C1. The Morgan fingerprint density at radius 2 is 2.28 bits per heavy atom. The van der Waals surface area contributed by atoms with Crippen LogP contribution < -0.4 is 5.32 Å². The molecule has 3 rings (SSSR count). The van der Waals surface area contributed by atoms with Gasteiger partial charge in [0.15, 0.2) is 0 Å². The average Bonchev–Trinajstić information content (AvgIpc) is 3.03. The van der Waals surface area contributed by atoms with Gasteiger partial charge >= 0.3 is 0 Å². The van der Waals surface area contributed by atoms with E-state index in [2.05, 4.69) is 29.2 Å². The molecule has 1 N–H and O–H groups in total. The zero-order valence-corrected chi connectivity index (χ0v) is 12.0. The van der Waals surface area contributed by atoms with Gasteiger partial charge in [0.2, 0.25) is 0 Å². The molecule has 1 aliphatic heterocycles. The summed E-state index contributed by atoms with van der Waals surface area (Å²) < 4.78 is 6.14. The van der Waals surface area contributed by atoms with Crippen molar-refractivity contribution in [1.82, 2.24) is 5.32 Å². The van der Waals surface area contributed by atoms with Crippen molar-refractivity contribution in [3.63, 3.8) is 0 Å². The summed E-state index contributed by atoms with van der Waals surface area (Å²) in [7, 11) is 2.10. The predicted octanol–water partition coefficient (Wildman–Crippen LogP) is 3.75. The Bertz CT molecular complexity index is 370. The van der Waals surface area contributed by atoms with Gasteiger partial charge in [-0.05, 0) is 61.0 Å². The fourth-order valence-electron chi connectivity index (χ4n) is 3.84. The summed E-state index contributed by atoms with van der Waals surface area (Å²) in [5.74, 6) is 0.733. The summed E-state index contributed by atoms with van der Waals surface area (Å²) in [6.07, 6.45) is 7.72. The summed E-state index contributed by atoms with van der Waals surface area (Å²) in [4.78, 5) is 0. The standard InChI is InChI=1S/C15H23NOS/c1-16-14(13-5-9-18-11-13)12-4-8-17-15(10-12)6-2-3-7-15/h5,9,11-12,14,16H,2-4,6-8,10H2,1H3. The zero-order valence-electron chi connectivity index (χ0n) is 11.2. The van der Waals surface area contributed by atoms with Crippen LogP contribution in [-0.4, -0.2) is 19.3 Å². The van der Waals surface area contributed by atoms with Gasteiger partial charge in [-0.3, -0.25) is 0 Å². The molecule has 100 valence electrons. The third-order valence-corrected chi connectivity index (χ3v) is 5.43. The number of thiophene rings is 1. The molecular weight excluding hydrogens is 242 g/mol. The molecule has 2 atom stereocenters. The molecule has 1 aromatic rings. The second-order valence-corrected chi connectivity index (χ2v) is 6.59. The minimum atomic E-state index is 0.230. The summed E-state index contributed by atoms with van der Waals surface area (Å²) in [6, 6.07) is 2.78. The molecule has 2 nitrogen and oxygen atoms in total. The third kappa shape index (κ3) is 2.36. The van der Waals surface area contributed by atoms with E-state index in [1.807, 2.05) is 0 Å². The van der Waals surface area contributed by atoms with Gasteiger partial charge in [-0.15, -0.1) is 0 Å². The lowest BCUT2D eigenvalue weighted by atomic mass is 9.79. The Balaban J connectivity index is 1.74. The van der Waals surface area contributed by atoms with Gasteiger partial charge in [0.05, 0.1) is 5.60 Å². The Kier molecular flexibility index (Phi) is 3.73. The van der Waals surface area contributed by atoms with E-state index in [1.54, 1.807) is 11.3 Å². The molecule has 0 bridgehead atoms. The van der Waals surface area contributed by atoms with Crippen molar-refractivity contribution in [2.24, 2.45) is 5.92 Å². The Labute approximate surface area is 114 Å². The highest BCUT2D eigenvalue weighted by Crippen LogP contribution is 2.45. The lowest BCUT2D eigenvalue weighted by Gasteiger charge is -2.41. The van der Waals surface area contributed by atoms with E-state index in [-0.39, 0.29) is 5.60 Å². The van der Waals surface area contributed by atoms with Crippen LogP contribution >= 0.6 is 11.3 Å². The van der Waals surface area contributed by atoms with Gasteiger partial charge in [-0.25, -0.2) is 0 Å². The number of ether oxygens (including phenoxy) is 1. The Hall–Kier alpha value is -0.380. The second-order valence-electron chi connectivity index (χ2n) is 5.81. The molecule has 2 aliphatic rings. The van der Waals surface area contributed by atoms with Crippen LogP contribution in [0.3, 0.4) is 0 Å². The second kappa shape index (κ2) is 5.32. The number of rotatable bonds is 3. The van der Waals surface area contributed by atoms with E-state index in [1.165, 1.54) is 44.1 Å². The molecule has 3 heteroatoms. The lowest BCUT2D eigenvalue weighted by molar-refractivity contribution is -0.0978. The maximum atomic E-state index is 6.14. The minimum absolute atomic E-state index is 0.230. The Morgan fingerprint density at radius 1 is 1.44 bits per heavy atom. The first-order valence-corrected chi connectivity index (χ1v) is 8.11. The molecule has 1 aliphatic carbocycles. The van der Waals surface area contributed by atoms with Crippen LogP contribution in [0.5, 0.6) is 0 Å². The monoisotopic (exact) mass is 265 g/mol. The van der Waals surface area contributed by atoms with Crippen LogP contribution in [0.4, 0.5) is 0 Å². The van der Waals surface area contributed by atoms with E-state index in [4.69, 9.17) is 4.74 Å². The van der Waals surface area contributed by atoms with Crippen molar-refractivity contribution in [2.45, 2.75) is 50.2 Å². The van der Waals surface area contributed by atoms with E-state index < -0.39 is 0 Å². The average molecular weight is 265 g/mol. The molecule has 0 amide bonds. The number of hydrogen-bond acceptors (Lipinski definition) is 3. The van der Waals surface area contributed by atoms with Crippen LogP contribution in [0.15, 0.2) is 16.8 Å². The zero-order chi connectivity index (χ0) is 12.4. The maximum absolute atomic E-state index is 6.14. The number of nitrogens with one attached hydrogen (secondary N) is 1. The van der Waals surface area contributed by atoms with Crippen molar-refractivity contribution >= 4 is 11.3 Å². The van der Waals surface area contributed by atoms with Gasteiger partial charge in [-0.1, -0.05) is 12.8 Å². The van der Waals surface area contributed by atoms with Crippen LogP contribution in [-0.2, 0) is 4.74 Å². The fraction of sp³-hybridized carbons (Fsp3) is 0.733. The molecule has 0 radical (unpaired) electrons. The van der Waals surface area contributed by atoms with Gasteiger partial charge in [0, 0.05) is 12.6 Å². The molecule has 18 heavy (non-hydrogen) atoms. The number of hydrogen-bond donors (Lipinski definition) is 1. The first-order chi connectivity index (χ1) is 8.83. The molecule has 2 unspecified atom stereocenters. The van der Waals surface area contributed by atoms with Crippen LogP contribution in [0, 0.1) is 5.92 Å². The van der Waals surface area contributed by atoms with Gasteiger partial charge in [-0.2, -0.15) is 11.3 Å². The summed E-state index contributed by atoms with van der Waals surface area (Å²) in [6.45, 7) is 0.951. The largest absolute Gasteiger partial charge is 0.375 e. The van der Waals surface area contributed by atoms with E-state index >= 15 is 0 Å². The summed E-state index contributed by atoms with van der Waals surface area (Å²) in [5.41, 5.74) is 1.69. The topological polar surface area (TPSA) is 21.3 Å². The quantitative estimate of drug-likeness (QED) is 0.898. The molecule has 1 saturated heterocycles. The van der Waals surface area contributed by atoms with Crippen LogP contribution in [0.2, 0.25) is 0 Å². The van der Waals surface area contributed by atoms with Gasteiger partial charge in [0.1, 0.15) is 0 Å². The van der Waals surface area contributed by atoms with Crippen molar-refractivity contribution in [3.8, 4) is 0 Å². The highest BCUT2D eigenvalue weighted by Gasteiger charge is 2.41. The first-order valence-electron chi connectivity index (χ1n) is 7.16. The smallest absolute Gasteiger partial charge is 0.0686 e. The molecule has 2 fully saturated rings. The minimum Gasteiger partial charge on any atom is -0.375 e. The molecular formula is C15H23NOS. The first kappa shape index (κ1) is 12.6. The van der Waals surface area contributed by atoms with Crippen molar-refractivity contribution in [2.75, 3.05) is 13.7 Å². The summed E-state index contributed by atoms with van der Waals surface area (Å²) in [5, 5.41) is 8.01. The van der Waals surface area contributed by atoms with E-state index in [9.17, 15) is 0 Å². The highest BCUT2D eigenvalue weighted by atomic mass is 32.1. The molecule has 1 spiro atoms. The predicted molar refractivity (Wildman–Crippen MR) is 76.0 cm³/mol. The fourth-order valence-corrected chi connectivity index (χ4v) is 4.54. The molecule has 0 aromatic carbocycles. The maximum Gasteiger partial charge on any atom is 0.0686 e. The highest BCUT2D eigenvalue weighted by molar-refractivity contribution is 7.07. The lowest BCUT2D eigenvalue weighted by Crippen LogP contribution is -2.41. The third-order valence-electron chi connectivity index (χ3n) is 4.73. The molecule has 1 aromatic heterocycles. The van der Waals surface area contributed by atoms with E-state index in [0.717, 1.165) is 12.5 Å². The van der Waals surface area contributed by atoms with Gasteiger partial charge in [0.25, 0.3) is 0 Å². The van der Waals surface area contributed by atoms with Gasteiger partial charge < -0.3 is 10.1 Å². The Morgan fingerprint density at radius 3 is 2.94 bits per heavy atom. The van der Waals surface area contributed by atoms with Crippen molar-refractivity contribution in [1.29, 1.82) is 0 Å². The normalized spacial score (nSPS) is 28.6. The summed E-state index contributed by atoms with van der Waals surface area (Å²) >= 11 is 1.80. The van der Waals surface area contributed by atoms with Crippen LogP contribution in [0.1, 0.15) is 50.1 Å². The molecule has 2 heterocycles. The van der Waals surface area contributed by atoms with Crippen molar-refractivity contribution in [3.05, 3.63) is 22.4 Å². The van der Waals surface area contributed by atoms with Crippen molar-refractivity contribution < 1.29 is 4.74 Å².